The summed E-state index contributed by atoms with van der Waals surface area (Å²) < 4.78 is 26.5. The Kier molecular flexibility index (Phi) is 4.95. The minimum absolute atomic E-state index is 0.0428. The summed E-state index contributed by atoms with van der Waals surface area (Å²) in [5, 5.41) is 0. The van der Waals surface area contributed by atoms with Crippen molar-refractivity contribution in [1.82, 2.24) is 19.2 Å². The topological polar surface area (TPSA) is 109 Å². The summed E-state index contributed by atoms with van der Waals surface area (Å²) in [4.78, 5) is 21.8. The molecule has 1 aromatic heterocycles. The smallest absolute Gasteiger partial charge is 0.276 e. The van der Waals surface area contributed by atoms with Gasteiger partial charge in [0.15, 0.2) is 11.5 Å². The number of carbonyl (C=O) groups excluding carboxylic acids is 1. The highest BCUT2D eigenvalue weighted by Gasteiger charge is 2.30. The van der Waals surface area contributed by atoms with Gasteiger partial charge in [-0.25, -0.2) is 18.4 Å². The summed E-state index contributed by atoms with van der Waals surface area (Å²) in [5.41, 5.74) is 6.53. The molecule has 1 amide bonds. The molecule has 0 radical (unpaired) electrons. The molecule has 2 aromatic rings. The number of sulfonamides is 1. The number of hydrogen-bond acceptors (Lipinski definition) is 6. The largest absolute Gasteiger partial charge is 0.382 e. The first kappa shape index (κ1) is 17.3. The lowest BCUT2D eigenvalue weighted by molar-refractivity contribution is 0.0692. The summed E-state index contributed by atoms with van der Waals surface area (Å²) in [6.07, 6.45) is 2.82. The van der Waals surface area contributed by atoms with Crippen LogP contribution >= 0.6 is 0 Å². The normalized spacial score (nSPS) is 15.9. The van der Waals surface area contributed by atoms with Crippen molar-refractivity contribution in [3.8, 4) is 0 Å². The zero-order valence-corrected chi connectivity index (χ0v) is 14.4. The molecule has 9 heteroatoms. The number of benzene rings is 1. The van der Waals surface area contributed by atoms with Crippen LogP contribution in [0.2, 0.25) is 0 Å². The molecule has 1 aliphatic rings. The Bertz CT molecular complexity index is 849. The van der Waals surface area contributed by atoms with Crippen molar-refractivity contribution in [2.45, 2.75) is 5.75 Å². The molecule has 25 heavy (non-hydrogen) atoms. The van der Waals surface area contributed by atoms with Crippen molar-refractivity contribution in [1.29, 1.82) is 0 Å². The number of carbonyl (C=O) groups is 1. The zero-order valence-electron chi connectivity index (χ0n) is 13.6. The van der Waals surface area contributed by atoms with Gasteiger partial charge in [-0.2, -0.15) is 4.31 Å². The van der Waals surface area contributed by atoms with E-state index < -0.39 is 10.0 Å². The van der Waals surface area contributed by atoms with E-state index in [1.807, 2.05) is 18.2 Å². The number of nitrogens with zero attached hydrogens (tertiary/aromatic N) is 4. The molecular formula is C16H19N5O3S. The van der Waals surface area contributed by atoms with Gasteiger partial charge < -0.3 is 10.6 Å². The molecule has 2 heterocycles. The van der Waals surface area contributed by atoms with Gasteiger partial charge in [0.1, 0.15) is 0 Å². The Morgan fingerprint density at radius 2 is 1.68 bits per heavy atom. The van der Waals surface area contributed by atoms with Gasteiger partial charge in [-0.3, -0.25) is 4.79 Å². The van der Waals surface area contributed by atoms with Crippen LogP contribution in [-0.2, 0) is 15.8 Å². The van der Waals surface area contributed by atoms with E-state index in [9.17, 15) is 13.2 Å². The van der Waals surface area contributed by atoms with Crippen molar-refractivity contribution in [3.63, 3.8) is 0 Å². The standard InChI is InChI=1S/C16H19N5O3S/c17-15-14(18-6-7-19-15)16(22)20-8-10-21(11-9-20)25(23,24)12-13-4-2-1-3-5-13/h1-7H,8-12H2,(H2,17,19). The lowest BCUT2D eigenvalue weighted by Crippen LogP contribution is -2.51. The third-order valence-corrected chi connectivity index (χ3v) is 5.89. The van der Waals surface area contributed by atoms with Gasteiger partial charge >= 0.3 is 0 Å². The number of aromatic nitrogens is 2. The molecule has 0 saturated carbocycles. The van der Waals surface area contributed by atoms with Crippen LogP contribution in [0.4, 0.5) is 5.82 Å². The first-order valence-corrected chi connectivity index (χ1v) is 9.46. The Morgan fingerprint density at radius 3 is 2.32 bits per heavy atom. The van der Waals surface area contributed by atoms with Crippen molar-refractivity contribution in [2.75, 3.05) is 31.9 Å². The molecule has 2 N–H and O–H groups in total. The second-order valence-electron chi connectivity index (χ2n) is 5.72. The first-order chi connectivity index (χ1) is 12.0. The quantitative estimate of drug-likeness (QED) is 0.841. The molecule has 0 aliphatic carbocycles. The molecule has 0 bridgehead atoms. The SMILES string of the molecule is Nc1nccnc1C(=O)N1CCN(S(=O)(=O)Cc2ccccc2)CC1. The fourth-order valence-corrected chi connectivity index (χ4v) is 4.22. The Labute approximate surface area is 146 Å². The molecule has 0 unspecified atom stereocenters. The van der Waals surface area contributed by atoms with E-state index in [1.165, 1.54) is 16.7 Å². The Morgan fingerprint density at radius 1 is 1.04 bits per heavy atom. The van der Waals surface area contributed by atoms with Crippen LogP contribution in [0.25, 0.3) is 0 Å². The van der Waals surface area contributed by atoms with E-state index in [0.717, 1.165) is 5.56 Å². The van der Waals surface area contributed by atoms with E-state index in [0.29, 0.717) is 13.1 Å². The highest BCUT2D eigenvalue weighted by molar-refractivity contribution is 7.88. The predicted molar refractivity (Wildman–Crippen MR) is 93.0 cm³/mol. The van der Waals surface area contributed by atoms with E-state index >= 15 is 0 Å². The van der Waals surface area contributed by atoms with Crippen molar-refractivity contribution in [2.24, 2.45) is 0 Å². The summed E-state index contributed by atoms with van der Waals surface area (Å²) in [6, 6.07) is 9.04. The minimum Gasteiger partial charge on any atom is -0.382 e. The number of nitrogens with two attached hydrogens (primary N) is 1. The number of hydrogen-bond donors (Lipinski definition) is 1. The molecule has 1 aliphatic heterocycles. The van der Waals surface area contributed by atoms with Crippen LogP contribution in [0.1, 0.15) is 16.1 Å². The monoisotopic (exact) mass is 361 g/mol. The number of rotatable bonds is 4. The maximum Gasteiger partial charge on any atom is 0.276 e. The van der Waals surface area contributed by atoms with Gasteiger partial charge in [-0.1, -0.05) is 30.3 Å². The number of nitrogen functional groups attached to an aromatic ring is 1. The lowest BCUT2D eigenvalue weighted by Gasteiger charge is -2.33. The van der Waals surface area contributed by atoms with Crippen LogP contribution in [0.3, 0.4) is 0 Å². The summed E-state index contributed by atoms with van der Waals surface area (Å²) in [5.74, 6) is -0.295. The number of anilines is 1. The molecule has 132 valence electrons. The fourth-order valence-electron chi connectivity index (χ4n) is 2.71. The van der Waals surface area contributed by atoms with E-state index in [2.05, 4.69) is 9.97 Å². The van der Waals surface area contributed by atoms with E-state index in [1.54, 1.807) is 17.0 Å². The van der Waals surface area contributed by atoms with Gasteiger partial charge in [0.05, 0.1) is 5.75 Å². The lowest BCUT2D eigenvalue weighted by atomic mass is 10.2. The van der Waals surface area contributed by atoms with Crippen molar-refractivity contribution < 1.29 is 13.2 Å². The average molecular weight is 361 g/mol. The van der Waals surface area contributed by atoms with Gasteiger partial charge in [-0.05, 0) is 5.56 Å². The molecule has 8 nitrogen and oxygen atoms in total. The Hall–Kier alpha value is -2.52. The maximum atomic E-state index is 12.5. The van der Waals surface area contributed by atoms with Crippen LogP contribution in [0.15, 0.2) is 42.7 Å². The summed E-state index contributed by atoms with van der Waals surface area (Å²) in [7, 11) is -3.42. The molecule has 0 spiro atoms. The van der Waals surface area contributed by atoms with Gasteiger partial charge in [0, 0.05) is 38.6 Å². The number of amides is 1. The van der Waals surface area contributed by atoms with Gasteiger partial charge in [0.2, 0.25) is 10.0 Å². The third kappa shape index (κ3) is 3.94. The summed E-state index contributed by atoms with van der Waals surface area (Å²) in [6.45, 7) is 1.09. The van der Waals surface area contributed by atoms with Crippen LogP contribution in [-0.4, -0.2) is 59.7 Å². The van der Waals surface area contributed by atoms with E-state index in [-0.39, 0.29) is 36.3 Å². The predicted octanol–water partition coefficient (Wildman–Crippen LogP) is 0.347. The first-order valence-electron chi connectivity index (χ1n) is 7.85. The molecular weight excluding hydrogens is 342 g/mol. The molecule has 3 rings (SSSR count). The second-order valence-corrected chi connectivity index (χ2v) is 7.69. The summed E-state index contributed by atoms with van der Waals surface area (Å²) >= 11 is 0. The third-order valence-electron chi connectivity index (χ3n) is 4.04. The minimum atomic E-state index is -3.42. The van der Waals surface area contributed by atoms with Crippen LogP contribution in [0.5, 0.6) is 0 Å². The zero-order chi connectivity index (χ0) is 17.9. The van der Waals surface area contributed by atoms with Crippen molar-refractivity contribution in [3.05, 3.63) is 54.0 Å². The fraction of sp³-hybridized carbons (Fsp3) is 0.312. The molecule has 1 aromatic carbocycles. The van der Waals surface area contributed by atoms with Crippen molar-refractivity contribution >= 4 is 21.7 Å². The molecule has 1 saturated heterocycles. The average Bonchev–Trinajstić information content (AvgIpc) is 2.62. The number of piperazine rings is 1. The second kappa shape index (κ2) is 7.16. The van der Waals surface area contributed by atoms with Gasteiger partial charge in [-0.15, -0.1) is 0 Å². The molecule has 0 atom stereocenters. The van der Waals surface area contributed by atoms with Crippen LogP contribution in [0, 0.1) is 0 Å². The van der Waals surface area contributed by atoms with Crippen LogP contribution < -0.4 is 5.73 Å². The highest BCUT2D eigenvalue weighted by Crippen LogP contribution is 2.15. The van der Waals surface area contributed by atoms with E-state index in [4.69, 9.17) is 5.73 Å². The van der Waals surface area contributed by atoms with Gasteiger partial charge in [0.25, 0.3) is 5.91 Å². The Balaban J connectivity index is 1.63. The maximum absolute atomic E-state index is 12.5. The highest BCUT2D eigenvalue weighted by atomic mass is 32.2. The molecule has 1 fully saturated rings.